The minimum atomic E-state index is -3.85. The fourth-order valence-corrected chi connectivity index (χ4v) is 6.80. The van der Waals surface area contributed by atoms with Crippen LogP contribution in [0.25, 0.3) is 49.4 Å². The van der Waals surface area contributed by atoms with Gasteiger partial charge < -0.3 is 0 Å². The van der Waals surface area contributed by atoms with Gasteiger partial charge in [0, 0.05) is 11.1 Å². The molecule has 0 atom stereocenters. The second-order valence-corrected chi connectivity index (χ2v) is 12.1. The third-order valence-electron chi connectivity index (χ3n) is 7.73. The number of sulfonamides is 1. The molecule has 0 radical (unpaired) electrons. The van der Waals surface area contributed by atoms with Gasteiger partial charge in [-0.3, -0.25) is 4.72 Å². The number of imidazole rings is 1. The van der Waals surface area contributed by atoms with E-state index in [-0.39, 0.29) is 4.90 Å². The molecule has 6 aromatic carbocycles. The van der Waals surface area contributed by atoms with Gasteiger partial charge in [0.05, 0.1) is 17.6 Å². The van der Waals surface area contributed by atoms with Crippen molar-refractivity contribution in [3.8, 4) is 16.8 Å². The van der Waals surface area contributed by atoms with Gasteiger partial charge in [0.2, 0.25) is 6.33 Å². The number of nitrogens with zero attached hydrogens (tertiary/aromatic N) is 2. The number of hydrogen-bond acceptors (Lipinski definition) is 2. The van der Waals surface area contributed by atoms with Gasteiger partial charge in [-0.25, -0.2) is 13.0 Å². The van der Waals surface area contributed by atoms with Crippen LogP contribution in [-0.4, -0.2) is 13.0 Å². The molecule has 41 heavy (non-hydrogen) atoms. The van der Waals surface area contributed by atoms with Crippen molar-refractivity contribution in [1.29, 1.82) is 0 Å². The van der Waals surface area contributed by atoms with Gasteiger partial charge in [0.15, 0.2) is 11.0 Å². The molecule has 0 fully saturated rings. The van der Waals surface area contributed by atoms with Crippen LogP contribution in [0.5, 0.6) is 0 Å². The number of fused-ring (bicyclic) bond motifs is 3. The second kappa shape index (κ2) is 9.61. The van der Waals surface area contributed by atoms with E-state index < -0.39 is 10.0 Å². The average molecular weight is 555 g/mol. The summed E-state index contributed by atoms with van der Waals surface area (Å²) >= 11 is 0. The Morgan fingerprint density at radius 3 is 2.00 bits per heavy atom. The van der Waals surface area contributed by atoms with E-state index >= 15 is 0 Å². The van der Waals surface area contributed by atoms with Crippen LogP contribution >= 0.6 is 0 Å². The molecule has 5 nitrogen and oxygen atoms in total. The van der Waals surface area contributed by atoms with Crippen molar-refractivity contribution in [2.45, 2.75) is 11.8 Å². The molecule has 200 valence electrons. The summed E-state index contributed by atoms with van der Waals surface area (Å²) in [4.78, 5) is 0.226. The Hall–Kier alpha value is -4.94. The van der Waals surface area contributed by atoms with Crippen molar-refractivity contribution in [3.63, 3.8) is 0 Å². The lowest BCUT2D eigenvalue weighted by atomic mass is 9.91. The molecule has 0 aliphatic rings. The first kappa shape index (κ1) is 25.1. The summed E-state index contributed by atoms with van der Waals surface area (Å²) in [5, 5.41) is 4.11. The molecule has 0 saturated heterocycles. The van der Waals surface area contributed by atoms with Crippen molar-refractivity contribution in [2.24, 2.45) is 7.05 Å². The lowest BCUT2D eigenvalue weighted by molar-refractivity contribution is -0.645. The molecule has 7 rings (SSSR count). The highest BCUT2D eigenvalue weighted by Gasteiger charge is 2.25. The smallest absolute Gasteiger partial charge is 0.261 e. The third kappa shape index (κ3) is 4.24. The molecular formula is C35H28N3O2S+. The zero-order valence-electron chi connectivity index (χ0n) is 22.7. The predicted octanol–water partition coefficient (Wildman–Crippen LogP) is 7.54. The van der Waals surface area contributed by atoms with Crippen molar-refractivity contribution in [2.75, 3.05) is 4.72 Å². The summed E-state index contributed by atoms with van der Waals surface area (Å²) in [6.45, 7) is 1.94. The van der Waals surface area contributed by atoms with Crippen LogP contribution in [0.15, 0.2) is 133 Å². The van der Waals surface area contributed by atoms with E-state index in [9.17, 15) is 8.42 Å². The van der Waals surface area contributed by atoms with E-state index in [1.54, 1.807) is 12.1 Å². The zero-order chi connectivity index (χ0) is 28.1. The topological polar surface area (TPSA) is 55.0 Å². The first-order chi connectivity index (χ1) is 19.9. The molecule has 0 spiro atoms. The first-order valence-corrected chi connectivity index (χ1v) is 15.0. The van der Waals surface area contributed by atoms with Gasteiger partial charge in [-0.1, -0.05) is 90.5 Å². The molecular weight excluding hydrogens is 526 g/mol. The molecule has 1 heterocycles. The normalized spacial score (nSPS) is 11.9. The van der Waals surface area contributed by atoms with Crippen LogP contribution in [-0.2, 0) is 17.1 Å². The molecule has 6 heteroatoms. The maximum atomic E-state index is 13.7. The van der Waals surface area contributed by atoms with E-state index in [1.807, 2.05) is 74.6 Å². The largest absolute Gasteiger partial charge is 0.279 e. The predicted molar refractivity (Wildman–Crippen MR) is 167 cm³/mol. The second-order valence-electron chi connectivity index (χ2n) is 10.4. The lowest BCUT2D eigenvalue weighted by Crippen LogP contribution is -2.25. The molecule has 0 aliphatic carbocycles. The van der Waals surface area contributed by atoms with E-state index in [0.717, 1.165) is 55.0 Å². The van der Waals surface area contributed by atoms with Gasteiger partial charge in [-0.15, -0.1) is 0 Å². The van der Waals surface area contributed by atoms with E-state index in [2.05, 4.69) is 68.7 Å². The summed E-state index contributed by atoms with van der Waals surface area (Å²) in [5.74, 6) is 0. The number of rotatable bonds is 5. The van der Waals surface area contributed by atoms with Crippen LogP contribution in [0.1, 0.15) is 5.56 Å². The van der Waals surface area contributed by atoms with E-state index in [1.165, 1.54) is 0 Å². The molecule has 0 amide bonds. The highest BCUT2D eigenvalue weighted by Crippen LogP contribution is 2.43. The SMILES string of the molecule is Cc1ccc(S(=O)(=O)Nc2ccc3ccccc3c2-c2c(-n3c[n+](C)c4ccccc43)ccc3ccccc23)cc1. The average Bonchev–Trinajstić information content (AvgIpc) is 3.33. The monoisotopic (exact) mass is 554 g/mol. The van der Waals surface area contributed by atoms with Crippen LogP contribution < -0.4 is 9.29 Å². The van der Waals surface area contributed by atoms with Gasteiger partial charge in [0.1, 0.15) is 5.69 Å². The maximum absolute atomic E-state index is 13.7. The van der Waals surface area contributed by atoms with Crippen molar-refractivity contribution >= 4 is 48.3 Å². The molecule has 1 N–H and O–H groups in total. The Bertz CT molecular complexity index is 2220. The summed E-state index contributed by atoms with van der Waals surface area (Å²) in [5.41, 5.74) is 6.46. The summed E-state index contributed by atoms with van der Waals surface area (Å²) in [7, 11) is -1.81. The highest BCUT2D eigenvalue weighted by molar-refractivity contribution is 7.92. The lowest BCUT2D eigenvalue weighted by Gasteiger charge is -2.19. The van der Waals surface area contributed by atoms with Gasteiger partial charge in [-0.05, 0) is 64.9 Å². The van der Waals surface area contributed by atoms with Crippen LogP contribution in [0.2, 0.25) is 0 Å². The molecule has 0 bridgehead atoms. The third-order valence-corrected chi connectivity index (χ3v) is 9.11. The van der Waals surface area contributed by atoms with Crippen LogP contribution in [0.4, 0.5) is 5.69 Å². The number of benzene rings is 6. The summed E-state index contributed by atoms with van der Waals surface area (Å²) < 4.78 is 34.7. The van der Waals surface area contributed by atoms with Gasteiger partial charge >= 0.3 is 0 Å². The zero-order valence-corrected chi connectivity index (χ0v) is 23.6. The van der Waals surface area contributed by atoms with Crippen LogP contribution in [0.3, 0.4) is 0 Å². The number of anilines is 1. The Balaban J connectivity index is 1.57. The maximum Gasteiger partial charge on any atom is 0.261 e. The summed E-state index contributed by atoms with van der Waals surface area (Å²) in [6.07, 6.45) is 2.08. The number of aryl methyl sites for hydroxylation is 2. The fourth-order valence-electron chi connectivity index (χ4n) is 5.73. The Morgan fingerprint density at radius 2 is 1.27 bits per heavy atom. The quantitative estimate of drug-likeness (QED) is 0.224. The molecule has 1 aromatic heterocycles. The van der Waals surface area contributed by atoms with Crippen molar-refractivity contribution in [3.05, 3.63) is 133 Å². The number of hydrogen-bond donors (Lipinski definition) is 1. The summed E-state index contributed by atoms with van der Waals surface area (Å²) in [6, 6.07) is 39.7. The van der Waals surface area contributed by atoms with Crippen molar-refractivity contribution in [1.82, 2.24) is 4.57 Å². The van der Waals surface area contributed by atoms with Crippen LogP contribution in [0, 0.1) is 6.92 Å². The van der Waals surface area contributed by atoms with E-state index in [4.69, 9.17) is 0 Å². The van der Waals surface area contributed by atoms with Gasteiger partial charge in [0.25, 0.3) is 10.0 Å². The number of aromatic nitrogens is 2. The molecule has 0 aliphatic heterocycles. The minimum absolute atomic E-state index is 0.226. The number of nitrogens with one attached hydrogen (secondary N) is 1. The Labute approximate surface area is 239 Å². The molecule has 7 aromatic rings. The van der Waals surface area contributed by atoms with E-state index in [0.29, 0.717) is 5.69 Å². The molecule has 0 unspecified atom stereocenters. The standard InChI is InChI=1S/C35H28N3O2S/c1-24-15-19-27(20-16-24)41(39,40)36-30-21-17-25-9-3-5-11-28(25)34(30)35-29-12-6-4-10-26(29)18-22-33(35)38-23-37(2)31-13-7-8-14-32(31)38/h3-23,36H,1-2H3/q+1. The first-order valence-electron chi connectivity index (χ1n) is 13.5. The Morgan fingerprint density at radius 1 is 0.659 bits per heavy atom. The number of para-hydroxylation sites is 2. The molecule has 0 saturated carbocycles. The minimum Gasteiger partial charge on any atom is -0.279 e. The van der Waals surface area contributed by atoms with Crippen molar-refractivity contribution < 1.29 is 13.0 Å². The highest BCUT2D eigenvalue weighted by atomic mass is 32.2. The fraction of sp³-hybridized carbons (Fsp3) is 0.0571. The van der Waals surface area contributed by atoms with Gasteiger partial charge in [-0.2, -0.15) is 4.57 Å². The Kier molecular flexibility index (Phi) is 5.87.